The molecule has 1 saturated heterocycles. The van der Waals surface area contributed by atoms with Crippen LogP contribution in [0.3, 0.4) is 0 Å². The van der Waals surface area contributed by atoms with Crippen molar-refractivity contribution in [3.63, 3.8) is 0 Å². The van der Waals surface area contributed by atoms with E-state index >= 15 is 0 Å². The number of nitrogens with zero attached hydrogens (tertiary/aromatic N) is 1. The molecule has 1 aliphatic heterocycles. The topological polar surface area (TPSA) is 44.4 Å². The zero-order valence-electron chi connectivity index (χ0n) is 13.4. The smallest absolute Gasteiger partial charge is 0.234 e. The van der Waals surface area contributed by atoms with Gasteiger partial charge in [-0.1, -0.05) is 12.1 Å². The zero-order valence-corrected chi connectivity index (χ0v) is 13.4. The monoisotopic (exact) mass is 307 g/mol. The summed E-state index contributed by atoms with van der Waals surface area (Å²) in [5.74, 6) is -0.250. The van der Waals surface area contributed by atoms with Crippen LogP contribution < -0.4 is 10.6 Å². The lowest BCUT2D eigenvalue weighted by Gasteiger charge is -2.27. The Hall–Kier alpha value is -1.46. The van der Waals surface area contributed by atoms with Gasteiger partial charge in [0, 0.05) is 6.04 Å². The van der Waals surface area contributed by atoms with Crippen LogP contribution in [0.2, 0.25) is 0 Å². The minimum Gasteiger partial charge on any atom is -0.348 e. The number of rotatable bonds is 5. The van der Waals surface area contributed by atoms with Gasteiger partial charge >= 0.3 is 0 Å². The van der Waals surface area contributed by atoms with E-state index < -0.39 is 0 Å². The second-order valence-corrected chi connectivity index (χ2v) is 6.09. The normalized spacial score (nSPS) is 20.5. The first-order chi connectivity index (χ1) is 10.6. The van der Waals surface area contributed by atoms with Gasteiger partial charge in [-0.05, 0) is 64.0 Å². The highest BCUT2D eigenvalue weighted by atomic mass is 19.1. The van der Waals surface area contributed by atoms with Crippen molar-refractivity contribution in [2.45, 2.75) is 38.3 Å². The fraction of sp³-hybridized carbons (Fsp3) is 0.588. The maximum Gasteiger partial charge on any atom is 0.234 e. The molecule has 1 aromatic rings. The molecule has 1 heterocycles. The fourth-order valence-electron chi connectivity index (χ4n) is 2.92. The second-order valence-electron chi connectivity index (χ2n) is 6.09. The highest BCUT2D eigenvalue weighted by molar-refractivity contribution is 5.78. The predicted octanol–water partition coefficient (Wildman–Crippen LogP) is 2.08. The molecular weight excluding hydrogens is 281 g/mol. The van der Waals surface area contributed by atoms with E-state index in [0.717, 1.165) is 37.9 Å². The molecule has 1 fully saturated rings. The highest BCUT2D eigenvalue weighted by Gasteiger charge is 2.19. The van der Waals surface area contributed by atoms with Gasteiger partial charge < -0.3 is 10.6 Å². The van der Waals surface area contributed by atoms with E-state index in [1.165, 1.54) is 12.1 Å². The molecule has 4 nitrogen and oxygen atoms in total. The first-order valence-electron chi connectivity index (χ1n) is 8.02. The van der Waals surface area contributed by atoms with Gasteiger partial charge in [-0.2, -0.15) is 0 Å². The average Bonchev–Trinajstić information content (AvgIpc) is 2.76. The van der Waals surface area contributed by atoms with Gasteiger partial charge in [0.15, 0.2) is 0 Å². The molecule has 2 N–H and O–H groups in total. The number of likely N-dealkylation sites (N-methyl/N-ethyl adjacent to an activating group) is 1. The molecule has 122 valence electrons. The number of carbonyl (C=O) groups is 1. The van der Waals surface area contributed by atoms with Crippen LogP contribution in [0, 0.1) is 5.82 Å². The van der Waals surface area contributed by atoms with E-state index in [2.05, 4.69) is 15.5 Å². The molecule has 1 aromatic carbocycles. The van der Waals surface area contributed by atoms with Crippen molar-refractivity contribution < 1.29 is 9.18 Å². The van der Waals surface area contributed by atoms with Gasteiger partial charge in [0.1, 0.15) is 5.82 Å². The molecule has 0 aromatic heterocycles. The first-order valence-corrected chi connectivity index (χ1v) is 8.02. The number of hydrogen-bond donors (Lipinski definition) is 2. The van der Waals surface area contributed by atoms with Crippen LogP contribution in [0.4, 0.5) is 4.39 Å². The summed E-state index contributed by atoms with van der Waals surface area (Å²) < 4.78 is 12.9. The lowest BCUT2D eigenvalue weighted by Crippen LogP contribution is -2.41. The summed E-state index contributed by atoms with van der Waals surface area (Å²) in [5.41, 5.74) is 0.913. The van der Waals surface area contributed by atoms with Gasteiger partial charge in [0.05, 0.1) is 12.6 Å². The number of halogens is 1. The molecule has 0 bridgehead atoms. The minimum atomic E-state index is -0.260. The summed E-state index contributed by atoms with van der Waals surface area (Å²) in [6.07, 6.45) is 3.37. The molecule has 1 aliphatic rings. The van der Waals surface area contributed by atoms with Crippen LogP contribution in [0.15, 0.2) is 24.3 Å². The zero-order chi connectivity index (χ0) is 15.9. The van der Waals surface area contributed by atoms with E-state index in [9.17, 15) is 9.18 Å². The highest BCUT2D eigenvalue weighted by Crippen LogP contribution is 2.14. The van der Waals surface area contributed by atoms with Crippen molar-refractivity contribution in [2.75, 3.05) is 26.7 Å². The standard InChI is InChI=1S/C17H26FN3O/c1-13(14-5-7-15(18)8-6-14)20-17(22)12-21(2)16-4-3-10-19-11-9-16/h5-8,13,16,19H,3-4,9-12H2,1-2H3,(H,20,22). The summed E-state index contributed by atoms with van der Waals surface area (Å²) in [4.78, 5) is 14.3. The third kappa shape index (κ3) is 5.07. The van der Waals surface area contributed by atoms with E-state index in [-0.39, 0.29) is 17.8 Å². The Kier molecular flexibility index (Phi) is 6.34. The molecule has 0 aliphatic carbocycles. The van der Waals surface area contributed by atoms with E-state index in [1.807, 2.05) is 14.0 Å². The third-order valence-corrected chi connectivity index (χ3v) is 4.31. The summed E-state index contributed by atoms with van der Waals surface area (Å²) >= 11 is 0. The number of amides is 1. The molecule has 5 heteroatoms. The van der Waals surface area contributed by atoms with Crippen molar-refractivity contribution in [1.29, 1.82) is 0 Å². The number of nitrogens with one attached hydrogen (secondary N) is 2. The second kappa shape index (κ2) is 8.25. The van der Waals surface area contributed by atoms with Gasteiger partial charge in [-0.25, -0.2) is 4.39 Å². The lowest BCUT2D eigenvalue weighted by atomic mass is 10.1. The molecule has 0 saturated carbocycles. The van der Waals surface area contributed by atoms with Gasteiger partial charge in [0.2, 0.25) is 5.91 Å². The van der Waals surface area contributed by atoms with Crippen LogP contribution >= 0.6 is 0 Å². The van der Waals surface area contributed by atoms with Crippen molar-refractivity contribution in [2.24, 2.45) is 0 Å². The van der Waals surface area contributed by atoms with E-state index in [4.69, 9.17) is 0 Å². The van der Waals surface area contributed by atoms with Crippen molar-refractivity contribution >= 4 is 5.91 Å². The van der Waals surface area contributed by atoms with Crippen LogP contribution in [-0.2, 0) is 4.79 Å². The van der Waals surface area contributed by atoms with Crippen molar-refractivity contribution in [3.05, 3.63) is 35.6 Å². The molecule has 2 atom stereocenters. The van der Waals surface area contributed by atoms with Crippen LogP contribution in [0.5, 0.6) is 0 Å². The van der Waals surface area contributed by atoms with E-state index in [1.54, 1.807) is 12.1 Å². The Morgan fingerprint density at radius 3 is 2.82 bits per heavy atom. The average molecular weight is 307 g/mol. The van der Waals surface area contributed by atoms with E-state index in [0.29, 0.717) is 12.6 Å². The van der Waals surface area contributed by atoms with Crippen LogP contribution in [0.25, 0.3) is 0 Å². The predicted molar refractivity (Wildman–Crippen MR) is 86.1 cm³/mol. The maximum absolute atomic E-state index is 12.9. The van der Waals surface area contributed by atoms with Gasteiger partial charge in [0.25, 0.3) is 0 Å². The number of hydrogen-bond acceptors (Lipinski definition) is 3. The number of benzene rings is 1. The SMILES string of the molecule is CC(NC(=O)CN(C)C1CCCNCC1)c1ccc(F)cc1. The Labute approximate surface area is 132 Å². The Morgan fingerprint density at radius 1 is 1.36 bits per heavy atom. The number of carbonyl (C=O) groups excluding carboxylic acids is 1. The Morgan fingerprint density at radius 2 is 2.09 bits per heavy atom. The maximum atomic E-state index is 12.9. The van der Waals surface area contributed by atoms with Gasteiger partial charge in [-0.3, -0.25) is 9.69 Å². The first kappa shape index (κ1) is 16.9. The van der Waals surface area contributed by atoms with Crippen LogP contribution in [0.1, 0.15) is 37.8 Å². The molecule has 0 spiro atoms. The van der Waals surface area contributed by atoms with Crippen molar-refractivity contribution in [3.8, 4) is 0 Å². The largest absolute Gasteiger partial charge is 0.348 e. The quantitative estimate of drug-likeness (QED) is 0.875. The van der Waals surface area contributed by atoms with Crippen LogP contribution in [-0.4, -0.2) is 43.5 Å². The Bertz CT molecular complexity index is 469. The van der Waals surface area contributed by atoms with Crippen molar-refractivity contribution in [1.82, 2.24) is 15.5 Å². The van der Waals surface area contributed by atoms with Gasteiger partial charge in [-0.15, -0.1) is 0 Å². The fourth-order valence-corrected chi connectivity index (χ4v) is 2.92. The molecule has 0 radical (unpaired) electrons. The minimum absolute atomic E-state index is 0.0107. The summed E-state index contributed by atoms with van der Waals surface area (Å²) in [6.45, 7) is 4.40. The molecule has 2 rings (SSSR count). The molecule has 22 heavy (non-hydrogen) atoms. The summed E-state index contributed by atoms with van der Waals surface area (Å²) in [5, 5.41) is 6.37. The molecular formula is C17H26FN3O. The molecule has 2 unspecified atom stereocenters. The summed E-state index contributed by atoms with van der Waals surface area (Å²) in [7, 11) is 2.01. The summed E-state index contributed by atoms with van der Waals surface area (Å²) in [6, 6.07) is 6.60. The molecule has 1 amide bonds. The lowest BCUT2D eigenvalue weighted by molar-refractivity contribution is -0.123. The third-order valence-electron chi connectivity index (χ3n) is 4.31. The Balaban J connectivity index is 1.82.